The first-order valence-electron chi connectivity index (χ1n) is 6.14. The van der Waals surface area contributed by atoms with Crippen molar-refractivity contribution in [2.45, 2.75) is 32.8 Å². The SMILES string of the molecule is CCOC(=O)C(O)c1cc(Cl)cc(C(C)C)c1OC. The third-order valence-corrected chi connectivity index (χ3v) is 2.96. The molecule has 1 aromatic rings. The Morgan fingerprint density at radius 1 is 1.37 bits per heavy atom. The predicted molar refractivity (Wildman–Crippen MR) is 73.7 cm³/mol. The number of methoxy groups -OCH3 is 1. The van der Waals surface area contributed by atoms with E-state index in [4.69, 9.17) is 21.1 Å². The molecular weight excluding hydrogens is 268 g/mol. The number of esters is 1. The van der Waals surface area contributed by atoms with E-state index in [0.717, 1.165) is 5.56 Å². The van der Waals surface area contributed by atoms with E-state index in [9.17, 15) is 9.90 Å². The highest BCUT2D eigenvalue weighted by atomic mass is 35.5. The van der Waals surface area contributed by atoms with Crippen LogP contribution < -0.4 is 4.74 Å². The molecule has 0 bridgehead atoms. The molecule has 4 nitrogen and oxygen atoms in total. The smallest absolute Gasteiger partial charge is 0.339 e. The van der Waals surface area contributed by atoms with Gasteiger partial charge in [-0.3, -0.25) is 0 Å². The Labute approximate surface area is 118 Å². The van der Waals surface area contributed by atoms with E-state index in [2.05, 4.69) is 0 Å². The van der Waals surface area contributed by atoms with Crippen LogP contribution in [0.1, 0.15) is 43.9 Å². The maximum Gasteiger partial charge on any atom is 0.339 e. The quantitative estimate of drug-likeness (QED) is 0.845. The molecule has 0 aliphatic heterocycles. The fourth-order valence-electron chi connectivity index (χ4n) is 1.85. The molecule has 0 spiro atoms. The average molecular weight is 287 g/mol. The van der Waals surface area contributed by atoms with Gasteiger partial charge in [0.25, 0.3) is 0 Å². The van der Waals surface area contributed by atoms with Crippen molar-refractivity contribution in [2.75, 3.05) is 13.7 Å². The van der Waals surface area contributed by atoms with Gasteiger partial charge < -0.3 is 14.6 Å². The normalized spacial score (nSPS) is 12.4. The highest BCUT2D eigenvalue weighted by Crippen LogP contribution is 2.36. The first kappa shape index (κ1) is 15.8. The lowest BCUT2D eigenvalue weighted by Crippen LogP contribution is -2.17. The first-order chi connectivity index (χ1) is 8.92. The van der Waals surface area contributed by atoms with E-state index >= 15 is 0 Å². The zero-order valence-corrected chi connectivity index (χ0v) is 12.3. The second-order valence-electron chi connectivity index (χ2n) is 4.43. The number of halogens is 1. The molecule has 0 radical (unpaired) electrons. The fourth-order valence-corrected chi connectivity index (χ4v) is 2.09. The summed E-state index contributed by atoms with van der Waals surface area (Å²) in [4.78, 5) is 11.6. The van der Waals surface area contributed by atoms with Gasteiger partial charge >= 0.3 is 5.97 Å². The lowest BCUT2D eigenvalue weighted by atomic mass is 9.96. The lowest BCUT2D eigenvalue weighted by Gasteiger charge is -2.19. The standard InChI is InChI=1S/C14H19ClO4/c1-5-19-14(17)12(16)11-7-9(15)6-10(8(2)3)13(11)18-4/h6-8,12,16H,5H2,1-4H3. The zero-order valence-electron chi connectivity index (χ0n) is 11.6. The number of hydrogen-bond donors (Lipinski definition) is 1. The Balaban J connectivity index is 3.29. The minimum atomic E-state index is -1.40. The molecule has 1 aromatic carbocycles. The summed E-state index contributed by atoms with van der Waals surface area (Å²) in [7, 11) is 1.50. The lowest BCUT2D eigenvalue weighted by molar-refractivity contribution is -0.153. The summed E-state index contributed by atoms with van der Waals surface area (Å²) in [6.07, 6.45) is -1.40. The molecule has 1 unspecified atom stereocenters. The number of benzene rings is 1. The predicted octanol–water partition coefficient (Wildman–Crippen LogP) is 3.07. The molecule has 0 aliphatic carbocycles. The number of rotatable bonds is 5. The van der Waals surface area contributed by atoms with Crippen molar-refractivity contribution in [3.63, 3.8) is 0 Å². The molecule has 0 heterocycles. The van der Waals surface area contributed by atoms with E-state index in [0.29, 0.717) is 16.3 Å². The van der Waals surface area contributed by atoms with Gasteiger partial charge in [0.15, 0.2) is 6.10 Å². The molecule has 19 heavy (non-hydrogen) atoms. The number of hydrogen-bond acceptors (Lipinski definition) is 4. The molecule has 0 aromatic heterocycles. The van der Waals surface area contributed by atoms with E-state index in [-0.39, 0.29) is 12.5 Å². The van der Waals surface area contributed by atoms with Gasteiger partial charge in [0.05, 0.1) is 13.7 Å². The summed E-state index contributed by atoms with van der Waals surface area (Å²) in [6.45, 7) is 5.85. The largest absolute Gasteiger partial charge is 0.496 e. The second kappa shape index (κ2) is 6.78. The maximum absolute atomic E-state index is 11.6. The monoisotopic (exact) mass is 286 g/mol. The Morgan fingerprint density at radius 2 is 1.95 bits per heavy atom. The van der Waals surface area contributed by atoms with Gasteiger partial charge in [0, 0.05) is 10.6 Å². The molecule has 0 aliphatic rings. The Kier molecular flexibility index (Phi) is 5.63. The minimum Gasteiger partial charge on any atom is -0.496 e. The molecular formula is C14H19ClO4. The van der Waals surface area contributed by atoms with Crippen LogP contribution in [0.4, 0.5) is 0 Å². The molecule has 0 amide bonds. The van der Waals surface area contributed by atoms with Crippen LogP contribution in [-0.4, -0.2) is 24.8 Å². The Hall–Kier alpha value is -1.26. The van der Waals surface area contributed by atoms with Crippen molar-refractivity contribution < 1.29 is 19.4 Å². The molecule has 1 atom stereocenters. The van der Waals surface area contributed by atoms with Gasteiger partial charge in [0.1, 0.15) is 5.75 Å². The summed E-state index contributed by atoms with van der Waals surface area (Å²) in [5.74, 6) is -0.0838. The van der Waals surface area contributed by atoms with Crippen molar-refractivity contribution in [2.24, 2.45) is 0 Å². The van der Waals surface area contributed by atoms with Crippen LogP contribution in [0.5, 0.6) is 5.75 Å². The second-order valence-corrected chi connectivity index (χ2v) is 4.86. The third kappa shape index (κ3) is 3.61. The summed E-state index contributed by atoms with van der Waals surface area (Å²) >= 11 is 6.03. The van der Waals surface area contributed by atoms with Gasteiger partial charge in [-0.25, -0.2) is 4.79 Å². The Morgan fingerprint density at radius 3 is 2.42 bits per heavy atom. The van der Waals surface area contributed by atoms with E-state index in [1.165, 1.54) is 13.2 Å². The third-order valence-electron chi connectivity index (χ3n) is 2.74. The van der Waals surface area contributed by atoms with Crippen LogP contribution >= 0.6 is 11.6 Å². The summed E-state index contributed by atoms with van der Waals surface area (Å²) in [6, 6.07) is 3.29. The van der Waals surface area contributed by atoms with Gasteiger partial charge in [0.2, 0.25) is 0 Å². The number of aliphatic hydroxyl groups is 1. The van der Waals surface area contributed by atoms with Gasteiger partial charge in [-0.1, -0.05) is 25.4 Å². The average Bonchev–Trinajstić information content (AvgIpc) is 2.36. The van der Waals surface area contributed by atoms with Crippen LogP contribution in [0.25, 0.3) is 0 Å². The van der Waals surface area contributed by atoms with E-state index in [1.807, 2.05) is 13.8 Å². The van der Waals surface area contributed by atoms with Gasteiger partial charge in [-0.2, -0.15) is 0 Å². The number of ether oxygens (including phenoxy) is 2. The minimum absolute atomic E-state index is 0.154. The van der Waals surface area contributed by atoms with E-state index < -0.39 is 12.1 Å². The highest BCUT2D eigenvalue weighted by molar-refractivity contribution is 6.30. The number of aliphatic hydroxyl groups excluding tert-OH is 1. The maximum atomic E-state index is 11.6. The van der Waals surface area contributed by atoms with Crippen molar-refractivity contribution in [3.8, 4) is 5.75 Å². The van der Waals surface area contributed by atoms with Gasteiger partial charge in [-0.15, -0.1) is 0 Å². The zero-order chi connectivity index (χ0) is 14.6. The van der Waals surface area contributed by atoms with Crippen LogP contribution in [0.15, 0.2) is 12.1 Å². The van der Waals surface area contributed by atoms with Crippen molar-refractivity contribution in [1.29, 1.82) is 0 Å². The van der Waals surface area contributed by atoms with Gasteiger partial charge in [-0.05, 0) is 30.5 Å². The molecule has 1 rings (SSSR count). The van der Waals surface area contributed by atoms with Crippen LogP contribution in [-0.2, 0) is 9.53 Å². The molecule has 106 valence electrons. The summed E-state index contributed by atoms with van der Waals surface area (Å²) in [5.41, 5.74) is 1.17. The number of carbonyl (C=O) groups excluding carboxylic acids is 1. The Bertz CT molecular complexity index is 457. The van der Waals surface area contributed by atoms with Crippen molar-refractivity contribution >= 4 is 17.6 Å². The van der Waals surface area contributed by atoms with Crippen molar-refractivity contribution in [1.82, 2.24) is 0 Å². The molecule has 1 N–H and O–H groups in total. The molecule has 0 fully saturated rings. The summed E-state index contributed by atoms with van der Waals surface area (Å²) in [5, 5.41) is 10.5. The van der Waals surface area contributed by atoms with Crippen LogP contribution in [0.2, 0.25) is 5.02 Å². The van der Waals surface area contributed by atoms with Crippen molar-refractivity contribution in [3.05, 3.63) is 28.3 Å². The fraction of sp³-hybridized carbons (Fsp3) is 0.500. The topological polar surface area (TPSA) is 55.8 Å². The highest BCUT2D eigenvalue weighted by Gasteiger charge is 2.25. The summed E-state index contributed by atoms with van der Waals surface area (Å²) < 4.78 is 10.1. The molecule has 5 heteroatoms. The molecule has 0 saturated heterocycles. The molecule has 0 saturated carbocycles. The van der Waals surface area contributed by atoms with E-state index in [1.54, 1.807) is 13.0 Å². The first-order valence-corrected chi connectivity index (χ1v) is 6.52. The van der Waals surface area contributed by atoms with Crippen LogP contribution in [0.3, 0.4) is 0 Å². The number of carbonyl (C=O) groups is 1. The van der Waals surface area contributed by atoms with Crippen LogP contribution in [0, 0.1) is 0 Å².